The minimum atomic E-state index is -0.00973. The number of nitrogens with one attached hydrogen (secondary N) is 1. The van der Waals surface area contributed by atoms with E-state index in [1.54, 1.807) is 0 Å². The number of rotatable bonds is 9. The number of amides is 1. The van der Waals surface area contributed by atoms with Crippen molar-refractivity contribution in [3.63, 3.8) is 0 Å². The van der Waals surface area contributed by atoms with Gasteiger partial charge in [0.05, 0.1) is 0 Å². The number of carbonyl (C=O) groups is 2. The Morgan fingerprint density at radius 1 is 1.25 bits per heavy atom. The molecule has 0 aliphatic rings. The third kappa shape index (κ3) is 10.5. The Balaban J connectivity index is 3.31. The molecule has 0 bridgehead atoms. The van der Waals surface area contributed by atoms with Crippen molar-refractivity contribution >= 4 is 11.7 Å². The summed E-state index contributed by atoms with van der Waals surface area (Å²) in [6, 6.07) is 0. The van der Waals surface area contributed by atoms with Gasteiger partial charge in [0.1, 0.15) is 5.78 Å². The molecule has 0 rings (SSSR count). The van der Waals surface area contributed by atoms with Crippen LogP contribution >= 0.6 is 0 Å². The Kier molecular flexibility index (Phi) is 9.02. The van der Waals surface area contributed by atoms with E-state index in [9.17, 15) is 9.59 Å². The Labute approximate surface area is 95.0 Å². The zero-order chi connectivity index (χ0) is 12.2. The standard InChI is InChI=1S/C10H18N4O2/c1-9(15)5-4-7-12-10(16)6-2-3-8-13-14-11/h2-8H2,1H3,(H,12,16). The van der Waals surface area contributed by atoms with Crippen molar-refractivity contribution in [1.82, 2.24) is 5.32 Å². The summed E-state index contributed by atoms with van der Waals surface area (Å²) in [5.74, 6) is 0.133. The Hall–Kier alpha value is -1.55. The number of unbranched alkanes of at least 4 members (excludes halogenated alkanes) is 1. The lowest BCUT2D eigenvalue weighted by atomic mass is 10.2. The molecule has 0 aromatic rings. The van der Waals surface area contributed by atoms with Crippen LogP contribution < -0.4 is 5.32 Å². The van der Waals surface area contributed by atoms with Crippen LogP contribution in [0.3, 0.4) is 0 Å². The van der Waals surface area contributed by atoms with Gasteiger partial charge in [-0.15, -0.1) is 0 Å². The quantitative estimate of drug-likeness (QED) is 0.281. The van der Waals surface area contributed by atoms with E-state index in [1.165, 1.54) is 6.92 Å². The summed E-state index contributed by atoms with van der Waals surface area (Å²) in [6.07, 6.45) is 3.10. The van der Waals surface area contributed by atoms with Gasteiger partial charge in [0.2, 0.25) is 5.91 Å². The average Bonchev–Trinajstić information content (AvgIpc) is 2.24. The zero-order valence-corrected chi connectivity index (χ0v) is 9.61. The third-order valence-corrected chi connectivity index (χ3v) is 2.00. The van der Waals surface area contributed by atoms with Crippen molar-refractivity contribution in [2.24, 2.45) is 5.11 Å². The fourth-order valence-electron chi connectivity index (χ4n) is 1.17. The molecular formula is C10H18N4O2. The topological polar surface area (TPSA) is 94.9 Å². The molecule has 0 radical (unpaired) electrons. The lowest BCUT2D eigenvalue weighted by Crippen LogP contribution is -2.24. The van der Waals surface area contributed by atoms with Crippen LogP contribution in [0.25, 0.3) is 10.4 Å². The van der Waals surface area contributed by atoms with E-state index in [-0.39, 0.29) is 11.7 Å². The van der Waals surface area contributed by atoms with Gasteiger partial charge in [0.25, 0.3) is 0 Å². The fraction of sp³-hybridized carbons (Fsp3) is 0.800. The lowest BCUT2D eigenvalue weighted by Gasteiger charge is -2.03. The van der Waals surface area contributed by atoms with Crippen LogP contribution in [0, 0.1) is 0 Å². The van der Waals surface area contributed by atoms with Crippen LogP contribution in [0.15, 0.2) is 5.11 Å². The Morgan fingerprint density at radius 2 is 2.00 bits per heavy atom. The first kappa shape index (κ1) is 14.5. The van der Waals surface area contributed by atoms with Crippen LogP contribution in [-0.2, 0) is 9.59 Å². The second-order valence-electron chi connectivity index (χ2n) is 3.57. The van der Waals surface area contributed by atoms with Gasteiger partial charge < -0.3 is 10.1 Å². The van der Waals surface area contributed by atoms with E-state index in [0.717, 1.165) is 12.8 Å². The predicted molar refractivity (Wildman–Crippen MR) is 60.8 cm³/mol. The van der Waals surface area contributed by atoms with Gasteiger partial charge in [-0.2, -0.15) is 0 Å². The molecular weight excluding hydrogens is 208 g/mol. The smallest absolute Gasteiger partial charge is 0.219 e. The van der Waals surface area contributed by atoms with E-state index < -0.39 is 0 Å². The minimum Gasteiger partial charge on any atom is -0.356 e. The molecule has 0 aliphatic carbocycles. The number of hydrogen-bond acceptors (Lipinski definition) is 3. The number of Topliss-reactive ketones (excluding diaryl/α,β-unsaturated/α-hetero) is 1. The highest BCUT2D eigenvalue weighted by Crippen LogP contribution is 1.96. The lowest BCUT2D eigenvalue weighted by molar-refractivity contribution is -0.121. The van der Waals surface area contributed by atoms with Crippen molar-refractivity contribution < 1.29 is 9.59 Å². The molecule has 0 saturated heterocycles. The summed E-state index contributed by atoms with van der Waals surface area (Å²) in [4.78, 5) is 24.5. The summed E-state index contributed by atoms with van der Waals surface area (Å²) in [5, 5.41) is 6.11. The molecule has 0 aromatic heterocycles. The number of hydrogen-bond donors (Lipinski definition) is 1. The average molecular weight is 226 g/mol. The molecule has 6 nitrogen and oxygen atoms in total. The van der Waals surface area contributed by atoms with Gasteiger partial charge in [-0.1, -0.05) is 5.11 Å². The monoisotopic (exact) mass is 226 g/mol. The van der Waals surface area contributed by atoms with Crippen LogP contribution in [0.1, 0.15) is 39.0 Å². The summed E-state index contributed by atoms with van der Waals surface area (Å²) in [6.45, 7) is 2.53. The second kappa shape index (κ2) is 9.98. The SMILES string of the molecule is CC(=O)CCCNC(=O)CCCCN=[N+]=[N-]. The molecule has 0 unspecified atom stereocenters. The van der Waals surface area contributed by atoms with Crippen molar-refractivity contribution in [3.05, 3.63) is 10.4 Å². The molecule has 0 heterocycles. The molecule has 0 saturated carbocycles. The van der Waals surface area contributed by atoms with Crippen molar-refractivity contribution in [1.29, 1.82) is 0 Å². The zero-order valence-electron chi connectivity index (χ0n) is 9.61. The van der Waals surface area contributed by atoms with Crippen LogP contribution in [0.5, 0.6) is 0 Å². The number of azide groups is 1. The van der Waals surface area contributed by atoms with Gasteiger partial charge in [0.15, 0.2) is 0 Å². The number of nitrogens with zero attached hydrogens (tertiary/aromatic N) is 3. The van der Waals surface area contributed by atoms with E-state index in [2.05, 4.69) is 15.3 Å². The maximum absolute atomic E-state index is 11.2. The van der Waals surface area contributed by atoms with Gasteiger partial charge in [-0.05, 0) is 31.7 Å². The molecule has 90 valence electrons. The van der Waals surface area contributed by atoms with Crippen LogP contribution in [0.4, 0.5) is 0 Å². The second-order valence-corrected chi connectivity index (χ2v) is 3.57. The molecule has 16 heavy (non-hydrogen) atoms. The normalized spacial score (nSPS) is 9.31. The van der Waals surface area contributed by atoms with E-state index >= 15 is 0 Å². The van der Waals surface area contributed by atoms with Crippen molar-refractivity contribution in [2.75, 3.05) is 13.1 Å². The summed E-state index contributed by atoms with van der Waals surface area (Å²) in [5.41, 5.74) is 8.01. The summed E-state index contributed by atoms with van der Waals surface area (Å²) in [7, 11) is 0. The number of carbonyl (C=O) groups excluding carboxylic acids is 2. The van der Waals surface area contributed by atoms with Gasteiger partial charge in [-0.25, -0.2) is 0 Å². The molecule has 0 spiro atoms. The van der Waals surface area contributed by atoms with E-state index in [0.29, 0.717) is 32.4 Å². The van der Waals surface area contributed by atoms with Gasteiger partial charge >= 0.3 is 0 Å². The van der Waals surface area contributed by atoms with Crippen molar-refractivity contribution in [2.45, 2.75) is 39.0 Å². The van der Waals surface area contributed by atoms with Gasteiger partial charge in [0, 0.05) is 30.8 Å². The highest BCUT2D eigenvalue weighted by atomic mass is 16.1. The molecule has 0 aromatic carbocycles. The highest BCUT2D eigenvalue weighted by molar-refractivity contribution is 5.76. The summed E-state index contributed by atoms with van der Waals surface area (Å²) >= 11 is 0. The molecule has 6 heteroatoms. The Morgan fingerprint density at radius 3 is 2.62 bits per heavy atom. The fourth-order valence-corrected chi connectivity index (χ4v) is 1.17. The first-order chi connectivity index (χ1) is 7.66. The number of ketones is 1. The minimum absolute atomic E-state index is 0.00973. The molecule has 0 aliphatic heterocycles. The van der Waals surface area contributed by atoms with Crippen molar-refractivity contribution in [3.8, 4) is 0 Å². The maximum atomic E-state index is 11.2. The van der Waals surface area contributed by atoms with Gasteiger partial charge in [-0.3, -0.25) is 4.79 Å². The molecule has 0 atom stereocenters. The first-order valence-corrected chi connectivity index (χ1v) is 5.44. The summed E-state index contributed by atoms with van der Waals surface area (Å²) < 4.78 is 0. The predicted octanol–water partition coefficient (Wildman–Crippen LogP) is 1.95. The van der Waals surface area contributed by atoms with E-state index in [4.69, 9.17) is 5.53 Å². The van der Waals surface area contributed by atoms with Crippen LogP contribution in [0.2, 0.25) is 0 Å². The maximum Gasteiger partial charge on any atom is 0.219 e. The third-order valence-electron chi connectivity index (χ3n) is 2.00. The van der Waals surface area contributed by atoms with Crippen LogP contribution in [-0.4, -0.2) is 24.8 Å². The molecule has 1 N–H and O–H groups in total. The molecule has 1 amide bonds. The van der Waals surface area contributed by atoms with E-state index in [1.807, 2.05) is 0 Å². The highest BCUT2D eigenvalue weighted by Gasteiger charge is 2.00. The molecule has 0 fully saturated rings. The largest absolute Gasteiger partial charge is 0.356 e. The Bertz CT molecular complexity index is 260. The first-order valence-electron chi connectivity index (χ1n) is 5.44.